The average Bonchev–Trinajstić information content (AvgIpc) is 2.15. The third-order valence-corrected chi connectivity index (χ3v) is 1.85. The topological polar surface area (TPSA) is 69.5 Å². The van der Waals surface area contributed by atoms with Crippen LogP contribution in [0.2, 0.25) is 0 Å². The van der Waals surface area contributed by atoms with Crippen LogP contribution in [0.4, 0.5) is 5.82 Å². The maximum Gasteiger partial charge on any atom is 0.147 e. The Morgan fingerprint density at radius 1 is 1.40 bits per heavy atom. The van der Waals surface area contributed by atoms with E-state index in [9.17, 15) is 5.11 Å². The lowest BCUT2D eigenvalue weighted by atomic mass is 10.1. The van der Waals surface area contributed by atoms with Gasteiger partial charge in [-0.05, 0) is 13.8 Å². The standard InChI is InChI=1S/C10H17N3O2/c1-10(2,15)7-13(3)9-5-11-4-8(6-14)12-9/h4-5,14-15H,6-7H2,1-3H3. The number of aromatic nitrogens is 2. The molecule has 5 heteroatoms. The van der Waals surface area contributed by atoms with E-state index < -0.39 is 5.60 Å². The lowest BCUT2D eigenvalue weighted by Gasteiger charge is -2.26. The van der Waals surface area contributed by atoms with E-state index in [2.05, 4.69) is 9.97 Å². The predicted octanol–water partition coefficient (Wildman–Crippen LogP) is 0.176. The number of aliphatic hydroxyl groups is 2. The van der Waals surface area contributed by atoms with Crippen molar-refractivity contribution in [1.29, 1.82) is 0 Å². The Bertz CT molecular complexity index is 323. The molecule has 1 aromatic heterocycles. The Morgan fingerprint density at radius 3 is 2.60 bits per heavy atom. The first-order valence-electron chi connectivity index (χ1n) is 4.77. The van der Waals surface area contributed by atoms with Crippen molar-refractivity contribution >= 4 is 5.82 Å². The summed E-state index contributed by atoms with van der Waals surface area (Å²) in [5, 5.41) is 18.5. The number of anilines is 1. The summed E-state index contributed by atoms with van der Waals surface area (Å²) in [5.74, 6) is 0.642. The first-order valence-corrected chi connectivity index (χ1v) is 4.77. The quantitative estimate of drug-likeness (QED) is 0.743. The van der Waals surface area contributed by atoms with E-state index in [1.54, 1.807) is 24.9 Å². The van der Waals surface area contributed by atoms with Gasteiger partial charge in [-0.3, -0.25) is 4.98 Å². The Kier molecular flexibility index (Phi) is 3.60. The molecule has 15 heavy (non-hydrogen) atoms. The fraction of sp³-hybridized carbons (Fsp3) is 0.600. The minimum Gasteiger partial charge on any atom is -0.390 e. The van der Waals surface area contributed by atoms with Crippen molar-refractivity contribution in [3.05, 3.63) is 18.1 Å². The second-order valence-electron chi connectivity index (χ2n) is 4.20. The molecular formula is C10H17N3O2. The highest BCUT2D eigenvalue weighted by Gasteiger charge is 2.16. The molecule has 1 rings (SSSR count). The number of rotatable bonds is 4. The second kappa shape index (κ2) is 4.55. The smallest absolute Gasteiger partial charge is 0.147 e. The van der Waals surface area contributed by atoms with Crippen molar-refractivity contribution in [1.82, 2.24) is 9.97 Å². The highest BCUT2D eigenvalue weighted by atomic mass is 16.3. The molecule has 84 valence electrons. The fourth-order valence-electron chi connectivity index (χ4n) is 1.32. The van der Waals surface area contributed by atoms with Crippen LogP contribution in [0.5, 0.6) is 0 Å². The summed E-state index contributed by atoms with van der Waals surface area (Å²) >= 11 is 0. The van der Waals surface area contributed by atoms with Crippen molar-refractivity contribution < 1.29 is 10.2 Å². The summed E-state index contributed by atoms with van der Waals surface area (Å²) in [6.45, 7) is 3.79. The molecule has 5 nitrogen and oxygen atoms in total. The van der Waals surface area contributed by atoms with Gasteiger partial charge in [-0.1, -0.05) is 0 Å². The molecule has 0 bridgehead atoms. The van der Waals surface area contributed by atoms with E-state index in [-0.39, 0.29) is 6.61 Å². The van der Waals surface area contributed by atoms with Gasteiger partial charge in [0.15, 0.2) is 0 Å². The van der Waals surface area contributed by atoms with E-state index in [0.29, 0.717) is 18.1 Å². The summed E-state index contributed by atoms with van der Waals surface area (Å²) in [6.07, 6.45) is 3.12. The SMILES string of the molecule is CN(CC(C)(C)O)c1cncc(CO)n1. The molecule has 0 aliphatic carbocycles. The summed E-state index contributed by atoms with van der Waals surface area (Å²) in [5.41, 5.74) is -0.263. The van der Waals surface area contributed by atoms with Crippen molar-refractivity contribution in [2.45, 2.75) is 26.1 Å². The average molecular weight is 211 g/mol. The minimum absolute atomic E-state index is 0.128. The highest BCUT2D eigenvalue weighted by molar-refractivity contribution is 5.35. The Hall–Kier alpha value is -1.20. The van der Waals surface area contributed by atoms with E-state index >= 15 is 0 Å². The Labute approximate surface area is 89.4 Å². The highest BCUT2D eigenvalue weighted by Crippen LogP contribution is 2.11. The number of likely N-dealkylation sites (N-methyl/N-ethyl adjacent to an activating group) is 1. The molecule has 0 unspecified atom stereocenters. The van der Waals surface area contributed by atoms with Gasteiger partial charge >= 0.3 is 0 Å². The van der Waals surface area contributed by atoms with Gasteiger partial charge in [0, 0.05) is 13.6 Å². The van der Waals surface area contributed by atoms with Crippen LogP contribution >= 0.6 is 0 Å². The maximum absolute atomic E-state index is 9.64. The zero-order chi connectivity index (χ0) is 11.5. The van der Waals surface area contributed by atoms with E-state index in [1.165, 1.54) is 6.20 Å². The van der Waals surface area contributed by atoms with Gasteiger partial charge in [-0.15, -0.1) is 0 Å². The molecular weight excluding hydrogens is 194 g/mol. The summed E-state index contributed by atoms with van der Waals surface area (Å²) in [7, 11) is 1.82. The van der Waals surface area contributed by atoms with Crippen LogP contribution in [0.25, 0.3) is 0 Å². The zero-order valence-corrected chi connectivity index (χ0v) is 9.30. The van der Waals surface area contributed by atoms with Gasteiger partial charge in [0.05, 0.1) is 30.3 Å². The molecule has 0 atom stereocenters. The third-order valence-electron chi connectivity index (χ3n) is 1.85. The number of nitrogens with zero attached hydrogens (tertiary/aromatic N) is 3. The van der Waals surface area contributed by atoms with Gasteiger partial charge in [0.1, 0.15) is 5.82 Å². The van der Waals surface area contributed by atoms with E-state index in [4.69, 9.17) is 5.11 Å². The summed E-state index contributed by atoms with van der Waals surface area (Å²) in [6, 6.07) is 0. The molecule has 2 N–H and O–H groups in total. The van der Waals surface area contributed by atoms with Crippen LogP contribution in [0.1, 0.15) is 19.5 Å². The van der Waals surface area contributed by atoms with Gasteiger partial charge in [-0.25, -0.2) is 4.98 Å². The molecule has 0 spiro atoms. The number of hydrogen-bond donors (Lipinski definition) is 2. The largest absolute Gasteiger partial charge is 0.390 e. The molecule has 0 radical (unpaired) electrons. The Balaban J connectivity index is 2.77. The molecule has 1 heterocycles. The first kappa shape index (κ1) is 11.9. The summed E-state index contributed by atoms with van der Waals surface area (Å²) < 4.78 is 0. The van der Waals surface area contributed by atoms with Crippen molar-refractivity contribution in [2.75, 3.05) is 18.5 Å². The van der Waals surface area contributed by atoms with Gasteiger partial charge < -0.3 is 15.1 Å². The molecule has 0 amide bonds. The first-order chi connectivity index (χ1) is 6.92. The molecule has 0 aliphatic rings. The van der Waals surface area contributed by atoms with Crippen LogP contribution in [0, 0.1) is 0 Å². The third kappa shape index (κ3) is 3.81. The van der Waals surface area contributed by atoms with E-state index in [0.717, 1.165) is 0 Å². The van der Waals surface area contributed by atoms with Crippen LogP contribution in [0.15, 0.2) is 12.4 Å². The minimum atomic E-state index is -0.786. The molecule has 0 fully saturated rings. The zero-order valence-electron chi connectivity index (χ0n) is 9.30. The van der Waals surface area contributed by atoms with Crippen LogP contribution < -0.4 is 4.90 Å². The second-order valence-corrected chi connectivity index (χ2v) is 4.20. The molecule has 1 aromatic rings. The molecule has 0 saturated heterocycles. The maximum atomic E-state index is 9.64. The summed E-state index contributed by atoms with van der Waals surface area (Å²) in [4.78, 5) is 9.94. The lowest BCUT2D eigenvalue weighted by Crippen LogP contribution is -2.36. The van der Waals surface area contributed by atoms with Crippen LogP contribution in [-0.4, -0.2) is 39.4 Å². The Morgan fingerprint density at radius 2 is 2.07 bits per heavy atom. The van der Waals surface area contributed by atoms with Crippen molar-refractivity contribution in [3.63, 3.8) is 0 Å². The predicted molar refractivity (Wildman–Crippen MR) is 57.5 cm³/mol. The van der Waals surface area contributed by atoms with Gasteiger partial charge in [0.25, 0.3) is 0 Å². The van der Waals surface area contributed by atoms with Gasteiger partial charge in [0.2, 0.25) is 0 Å². The van der Waals surface area contributed by atoms with Crippen molar-refractivity contribution in [3.8, 4) is 0 Å². The molecule has 0 aromatic carbocycles. The normalized spacial score (nSPS) is 11.5. The number of hydrogen-bond acceptors (Lipinski definition) is 5. The monoisotopic (exact) mass is 211 g/mol. The molecule has 0 aliphatic heterocycles. The van der Waals surface area contributed by atoms with Crippen molar-refractivity contribution in [2.24, 2.45) is 0 Å². The van der Waals surface area contributed by atoms with Gasteiger partial charge in [-0.2, -0.15) is 0 Å². The lowest BCUT2D eigenvalue weighted by molar-refractivity contribution is 0.0884. The fourth-order valence-corrected chi connectivity index (χ4v) is 1.32. The number of aliphatic hydroxyl groups excluding tert-OH is 1. The molecule has 0 saturated carbocycles. The van der Waals surface area contributed by atoms with Crippen LogP contribution in [0.3, 0.4) is 0 Å². The van der Waals surface area contributed by atoms with E-state index in [1.807, 2.05) is 7.05 Å². The van der Waals surface area contributed by atoms with Crippen LogP contribution in [-0.2, 0) is 6.61 Å².